The van der Waals surface area contributed by atoms with Crippen LogP contribution in [0, 0.1) is 0 Å². The van der Waals surface area contributed by atoms with Gasteiger partial charge < -0.3 is 0 Å². The minimum Gasteiger partial charge on any atom is -0.146 e. The summed E-state index contributed by atoms with van der Waals surface area (Å²) in [4.78, 5) is 0. The van der Waals surface area contributed by atoms with Gasteiger partial charge in [-0.2, -0.15) is 0 Å². The third-order valence-electron chi connectivity index (χ3n) is 1.75. The minimum absolute atomic E-state index is 0.323. The van der Waals surface area contributed by atoms with Gasteiger partial charge in [-0.15, -0.1) is 23.5 Å². The molecule has 0 heterocycles. The molecule has 2 heteroatoms. The summed E-state index contributed by atoms with van der Waals surface area (Å²) in [6.07, 6.45) is 2.18. The van der Waals surface area contributed by atoms with Crippen LogP contribution in [0.1, 0.15) is 30.9 Å². The molecule has 1 atom stereocenters. The van der Waals surface area contributed by atoms with Gasteiger partial charge in [-0.25, -0.2) is 0 Å². The summed E-state index contributed by atoms with van der Waals surface area (Å²) >= 11 is 3.93. The fourth-order valence-corrected chi connectivity index (χ4v) is 3.80. The van der Waals surface area contributed by atoms with Gasteiger partial charge in [-0.3, -0.25) is 0 Å². The molecule has 1 unspecified atom stereocenters. The average Bonchev–Trinajstić information content (AvgIpc) is 2.14. The first kappa shape index (κ1) is 12.0. The normalized spacial score (nSPS) is 14.0. The van der Waals surface area contributed by atoms with Gasteiger partial charge >= 0.3 is 0 Å². The van der Waals surface area contributed by atoms with Crippen molar-refractivity contribution in [2.75, 3.05) is 6.26 Å². The Bertz CT molecular complexity index is 261. The lowest BCUT2D eigenvalue weighted by Gasteiger charge is -2.24. The molecule has 0 aliphatic carbocycles. The van der Waals surface area contributed by atoms with Crippen molar-refractivity contribution < 1.29 is 0 Å². The molecule has 0 bridgehead atoms. The molecule has 0 saturated heterocycles. The predicted molar refractivity (Wildman–Crippen MR) is 70.0 cm³/mol. The van der Waals surface area contributed by atoms with Crippen molar-refractivity contribution in [3.05, 3.63) is 35.9 Å². The Balaban J connectivity index is 2.73. The van der Waals surface area contributed by atoms with Crippen molar-refractivity contribution in [2.24, 2.45) is 0 Å². The topological polar surface area (TPSA) is 0 Å². The van der Waals surface area contributed by atoms with Crippen LogP contribution in [0.2, 0.25) is 0 Å². The van der Waals surface area contributed by atoms with Gasteiger partial charge in [0.25, 0.3) is 0 Å². The molecule has 14 heavy (non-hydrogen) atoms. The molecule has 0 saturated carbocycles. The van der Waals surface area contributed by atoms with E-state index in [-0.39, 0.29) is 0 Å². The van der Waals surface area contributed by atoms with Crippen molar-refractivity contribution in [1.82, 2.24) is 0 Å². The molecule has 0 aliphatic heterocycles. The lowest BCUT2D eigenvalue weighted by atomic mass is 10.2. The van der Waals surface area contributed by atoms with Crippen LogP contribution >= 0.6 is 23.5 Å². The van der Waals surface area contributed by atoms with Crippen molar-refractivity contribution in [3.8, 4) is 0 Å². The van der Waals surface area contributed by atoms with E-state index in [1.807, 2.05) is 23.5 Å². The highest BCUT2D eigenvalue weighted by molar-refractivity contribution is 8.16. The van der Waals surface area contributed by atoms with Crippen LogP contribution < -0.4 is 0 Å². The van der Waals surface area contributed by atoms with E-state index in [0.717, 1.165) is 0 Å². The number of hydrogen-bond acceptors (Lipinski definition) is 2. The molecule has 0 nitrogen and oxygen atoms in total. The van der Waals surface area contributed by atoms with Gasteiger partial charge in [0.1, 0.15) is 0 Å². The second-order valence-electron chi connectivity index (χ2n) is 4.21. The van der Waals surface area contributed by atoms with Gasteiger partial charge in [-0.1, -0.05) is 51.1 Å². The highest BCUT2D eigenvalue weighted by Gasteiger charge is 2.19. The lowest BCUT2D eigenvalue weighted by Crippen LogP contribution is -2.09. The van der Waals surface area contributed by atoms with E-state index < -0.39 is 0 Å². The lowest BCUT2D eigenvalue weighted by molar-refractivity contribution is 0.801. The summed E-state index contributed by atoms with van der Waals surface area (Å²) in [5.41, 5.74) is 1.42. The summed E-state index contributed by atoms with van der Waals surface area (Å²) < 4.78 is 0.875. The van der Waals surface area contributed by atoms with Crippen molar-refractivity contribution in [2.45, 2.75) is 30.1 Å². The molecule has 78 valence electrons. The molecule has 0 fully saturated rings. The minimum atomic E-state index is 0.323. The molecular formula is C12H18S2. The molecule has 0 spiro atoms. The maximum absolute atomic E-state index is 2.27. The third kappa shape index (κ3) is 3.97. The summed E-state index contributed by atoms with van der Waals surface area (Å²) in [5.74, 6) is 0. The van der Waals surface area contributed by atoms with E-state index in [0.29, 0.717) is 9.33 Å². The van der Waals surface area contributed by atoms with Gasteiger partial charge in [0.05, 0.1) is 4.58 Å². The van der Waals surface area contributed by atoms with Crippen LogP contribution in [0.3, 0.4) is 0 Å². The Hall–Kier alpha value is -0.0800. The van der Waals surface area contributed by atoms with Gasteiger partial charge in [-0.05, 0) is 11.8 Å². The molecule has 0 radical (unpaired) electrons. The highest BCUT2D eigenvalue weighted by Crippen LogP contribution is 2.44. The van der Waals surface area contributed by atoms with E-state index in [2.05, 4.69) is 57.4 Å². The first-order valence-electron chi connectivity index (χ1n) is 4.78. The fraction of sp³-hybridized carbons (Fsp3) is 0.500. The molecule has 0 N–H and O–H groups in total. The zero-order valence-corrected chi connectivity index (χ0v) is 10.9. The monoisotopic (exact) mass is 226 g/mol. The van der Waals surface area contributed by atoms with Crippen LogP contribution in [-0.4, -0.2) is 11.0 Å². The van der Waals surface area contributed by atoms with E-state index in [4.69, 9.17) is 0 Å². The average molecular weight is 226 g/mol. The summed E-state index contributed by atoms with van der Waals surface area (Å²) in [6.45, 7) is 6.80. The standard InChI is InChI=1S/C12H18S2/c1-12(2,3)14-11(13-4)10-8-6-5-7-9-10/h5-9,11H,1-4H3. The summed E-state index contributed by atoms with van der Waals surface area (Å²) in [7, 11) is 0. The SMILES string of the molecule is CSC(SC(C)(C)C)c1ccccc1. The second-order valence-corrected chi connectivity index (χ2v) is 7.38. The Kier molecular flexibility index (Phi) is 4.39. The van der Waals surface area contributed by atoms with Crippen LogP contribution in [0.15, 0.2) is 30.3 Å². The first-order valence-corrected chi connectivity index (χ1v) is 6.95. The molecule has 1 rings (SSSR count). The van der Waals surface area contributed by atoms with Crippen LogP contribution in [-0.2, 0) is 0 Å². The number of benzene rings is 1. The summed E-state index contributed by atoms with van der Waals surface area (Å²) in [5, 5.41) is 0. The van der Waals surface area contributed by atoms with Gasteiger partial charge in [0.15, 0.2) is 0 Å². The van der Waals surface area contributed by atoms with Crippen LogP contribution in [0.5, 0.6) is 0 Å². The largest absolute Gasteiger partial charge is 0.146 e. The Labute approximate surface area is 95.9 Å². The molecule has 1 aromatic carbocycles. The zero-order valence-electron chi connectivity index (χ0n) is 9.28. The Morgan fingerprint density at radius 2 is 1.64 bits per heavy atom. The van der Waals surface area contributed by atoms with Crippen molar-refractivity contribution >= 4 is 23.5 Å². The maximum atomic E-state index is 2.27. The molecule has 1 aromatic rings. The number of thioether (sulfide) groups is 2. The van der Waals surface area contributed by atoms with E-state index in [1.165, 1.54) is 5.56 Å². The molecule has 0 aliphatic rings. The fourth-order valence-electron chi connectivity index (χ4n) is 1.18. The molecular weight excluding hydrogens is 208 g/mol. The van der Waals surface area contributed by atoms with Crippen molar-refractivity contribution in [3.63, 3.8) is 0 Å². The van der Waals surface area contributed by atoms with E-state index in [9.17, 15) is 0 Å². The Morgan fingerprint density at radius 1 is 1.07 bits per heavy atom. The van der Waals surface area contributed by atoms with Crippen LogP contribution in [0.25, 0.3) is 0 Å². The van der Waals surface area contributed by atoms with E-state index in [1.54, 1.807) is 0 Å². The van der Waals surface area contributed by atoms with Gasteiger partial charge in [0.2, 0.25) is 0 Å². The molecule has 0 amide bonds. The van der Waals surface area contributed by atoms with E-state index >= 15 is 0 Å². The highest BCUT2D eigenvalue weighted by atomic mass is 32.2. The maximum Gasteiger partial charge on any atom is 0.0753 e. The number of rotatable bonds is 3. The zero-order chi connectivity index (χ0) is 10.6. The molecule has 0 aromatic heterocycles. The smallest absolute Gasteiger partial charge is 0.0753 e. The third-order valence-corrected chi connectivity index (χ3v) is 4.51. The van der Waals surface area contributed by atoms with Crippen LogP contribution in [0.4, 0.5) is 0 Å². The predicted octanol–water partition coefficient (Wildman–Crippen LogP) is 4.58. The summed E-state index contributed by atoms with van der Waals surface area (Å²) in [6, 6.07) is 10.7. The quantitative estimate of drug-likeness (QED) is 0.692. The Morgan fingerprint density at radius 3 is 2.07 bits per heavy atom. The van der Waals surface area contributed by atoms with Crippen molar-refractivity contribution in [1.29, 1.82) is 0 Å². The second kappa shape index (κ2) is 5.13. The number of hydrogen-bond donors (Lipinski definition) is 0. The van der Waals surface area contributed by atoms with Gasteiger partial charge in [0, 0.05) is 4.75 Å². The first-order chi connectivity index (χ1) is 6.53.